The molecule has 0 bridgehead atoms. The molecule has 3 rings (SSSR count). The Hall–Kier alpha value is -2.31. The highest BCUT2D eigenvalue weighted by molar-refractivity contribution is 6.30. The molecule has 0 radical (unpaired) electrons. The number of anilines is 1. The van der Waals surface area contributed by atoms with Gasteiger partial charge in [-0.1, -0.05) is 23.7 Å². The Morgan fingerprint density at radius 1 is 1.35 bits per heavy atom. The second-order valence-electron chi connectivity index (χ2n) is 6.67. The molecule has 6 nitrogen and oxygen atoms in total. The molecule has 1 aliphatic rings. The largest absolute Gasteiger partial charge is 0.504 e. The fourth-order valence-corrected chi connectivity index (χ4v) is 3.29. The molecule has 7 heteroatoms. The normalized spacial score (nSPS) is 18.0. The van der Waals surface area contributed by atoms with Crippen LogP contribution >= 0.6 is 11.6 Å². The fraction of sp³-hybridized carbons (Fsp3) is 0.368. The van der Waals surface area contributed by atoms with Crippen molar-refractivity contribution < 1.29 is 9.90 Å². The predicted molar refractivity (Wildman–Crippen MR) is 103 cm³/mol. The van der Waals surface area contributed by atoms with Gasteiger partial charge in [0.1, 0.15) is 5.69 Å². The molecule has 26 heavy (non-hydrogen) atoms. The lowest BCUT2D eigenvalue weighted by Gasteiger charge is -2.40. The van der Waals surface area contributed by atoms with Crippen molar-refractivity contribution in [2.75, 3.05) is 31.6 Å². The Balaban J connectivity index is 1.72. The Morgan fingerprint density at radius 2 is 2.08 bits per heavy atom. The van der Waals surface area contributed by atoms with Gasteiger partial charge in [-0.15, -0.1) is 0 Å². The number of aromatic hydroxyl groups is 1. The summed E-state index contributed by atoms with van der Waals surface area (Å²) < 4.78 is 0. The summed E-state index contributed by atoms with van der Waals surface area (Å²) in [4.78, 5) is 20.9. The van der Waals surface area contributed by atoms with E-state index in [-0.39, 0.29) is 23.4 Å². The average Bonchev–Trinajstić information content (AvgIpc) is 2.62. The minimum atomic E-state index is -0.275. The Kier molecular flexibility index (Phi) is 5.64. The van der Waals surface area contributed by atoms with E-state index in [0.717, 1.165) is 25.2 Å². The smallest absolute Gasteiger partial charge is 0.270 e. The molecule has 1 amide bonds. The van der Waals surface area contributed by atoms with Crippen LogP contribution in [0.1, 0.15) is 23.0 Å². The number of nitrogens with zero attached hydrogens (tertiary/aromatic N) is 3. The van der Waals surface area contributed by atoms with Crippen LogP contribution in [0.15, 0.2) is 36.5 Å². The molecule has 0 spiro atoms. The zero-order valence-corrected chi connectivity index (χ0v) is 15.7. The van der Waals surface area contributed by atoms with Crippen molar-refractivity contribution in [3.63, 3.8) is 0 Å². The third-order valence-corrected chi connectivity index (χ3v) is 4.85. The van der Waals surface area contributed by atoms with E-state index in [0.29, 0.717) is 17.3 Å². The first-order chi connectivity index (χ1) is 12.4. The summed E-state index contributed by atoms with van der Waals surface area (Å²) in [5.74, 6) is -0.182. The van der Waals surface area contributed by atoms with E-state index in [1.165, 1.54) is 6.20 Å². The highest BCUT2D eigenvalue weighted by Crippen LogP contribution is 2.30. The van der Waals surface area contributed by atoms with Gasteiger partial charge in [-0.2, -0.15) is 0 Å². The van der Waals surface area contributed by atoms with Crippen LogP contribution in [0, 0.1) is 0 Å². The third kappa shape index (κ3) is 4.26. The first-order valence-corrected chi connectivity index (χ1v) is 8.98. The molecular formula is C19H23ClN4O2. The Bertz CT molecular complexity index is 782. The predicted octanol–water partition coefficient (Wildman–Crippen LogP) is 2.51. The van der Waals surface area contributed by atoms with Crippen LogP contribution in [0.5, 0.6) is 5.75 Å². The number of nitrogens with one attached hydrogen (secondary N) is 1. The zero-order valence-electron chi connectivity index (χ0n) is 14.9. The van der Waals surface area contributed by atoms with E-state index >= 15 is 0 Å². The molecule has 1 aliphatic heterocycles. The van der Waals surface area contributed by atoms with Crippen molar-refractivity contribution in [1.29, 1.82) is 0 Å². The third-order valence-electron chi connectivity index (χ3n) is 4.60. The maximum Gasteiger partial charge on any atom is 0.270 e. The van der Waals surface area contributed by atoms with Gasteiger partial charge in [0.05, 0.1) is 11.9 Å². The van der Waals surface area contributed by atoms with E-state index < -0.39 is 0 Å². The van der Waals surface area contributed by atoms with Gasteiger partial charge >= 0.3 is 0 Å². The topological polar surface area (TPSA) is 68.7 Å². The summed E-state index contributed by atoms with van der Waals surface area (Å²) in [5.41, 5.74) is 1.89. The number of carbonyl (C=O) groups excluding carboxylic acids is 1. The highest BCUT2D eigenvalue weighted by Gasteiger charge is 2.25. The molecule has 0 aliphatic carbocycles. The maximum atomic E-state index is 12.5. The van der Waals surface area contributed by atoms with Gasteiger partial charge in [0.25, 0.3) is 5.91 Å². The number of halogens is 1. The summed E-state index contributed by atoms with van der Waals surface area (Å²) in [7, 11) is 2.08. The second-order valence-corrected chi connectivity index (χ2v) is 7.11. The number of rotatable bonds is 4. The highest BCUT2D eigenvalue weighted by atomic mass is 35.5. The molecule has 2 heterocycles. The number of aromatic nitrogens is 1. The quantitative estimate of drug-likeness (QED) is 0.860. The van der Waals surface area contributed by atoms with Gasteiger partial charge in [-0.3, -0.25) is 4.79 Å². The van der Waals surface area contributed by atoms with Crippen molar-refractivity contribution in [3.05, 3.63) is 52.8 Å². The van der Waals surface area contributed by atoms with E-state index in [1.807, 2.05) is 12.1 Å². The van der Waals surface area contributed by atoms with E-state index in [2.05, 4.69) is 34.1 Å². The van der Waals surface area contributed by atoms with Crippen molar-refractivity contribution in [3.8, 4) is 5.75 Å². The molecule has 138 valence electrons. The lowest BCUT2D eigenvalue weighted by Crippen LogP contribution is -2.50. The van der Waals surface area contributed by atoms with Gasteiger partial charge in [0, 0.05) is 37.2 Å². The van der Waals surface area contributed by atoms with E-state index in [4.69, 9.17) is 11.6 Å². The van der Waals surface area contributed by atoms with E-state index in [1.54, 1.807) is 18.2 Å². The van der Waals surface area contributed by atoms with Crippen molar-refractivity contribution in [1.82, 2.24) is 15.2 Å². The average molecular weight is 375 g/mol. The summed E-state index contributed by atoms with van der Waals surface area (Å²) in [6.07, 6.45) is 1.34. The molecule has 1 fully saturated rings. The summed E-state index contributed by atoms with van der Waals surface area (Å²) in [5, 5.41) is 13.7. The summed E-state index contributed by atoms with van der Waals surface area (Å²) in [6, 6.07) is 9.21. The molecule has 2 N–H and O–H groups in total. The second kappa shape index (κ2) is 7.93. The number of piperazine rings is 1. The van der Waals surface area contributed by atoms with Gasteiger partial charge in [0.15, 0.2) is 5.75 Å². The molecule has 1 aromatic carbocycles. The Labute approximate surface area is 158 Å². The van der Waals surface area contributed by atoms with Crippen LogP contribution in [0.25, 0.3) is 0 Å². The first-order valence-electron chi connectivity index (χ1n) is 8.61. The van der Waals surface area contributed by atoms with Crippen molar-refractivity contribution >= 4 is 23.2 Å². The maximum absolute atomic E-state index is 12.5. The lowest BCUT2D eigenvalue weighted by atomic mass is 10.1. The monoisotopic (exact) mass is 374 g/mol. The molecule has 2 aromatic rings. The Morgan fingerprint density at radius 3 is 2.77 bits per heavy atom. The standard InChI is InChI=1S/C19H23ClN4O2/c1-13-12-23(2)7-8-24(13)17-9-16(21-11-18(17)25)19(26)22-10-14-3-5-15(20)6-4-14/h3-6,9,11,13,25H,7-8,10,12H2,1-2H3,(H,22,26)/t13-/m1/s1. The number of hydrogen-bond acceptors (Lipinski definition) is 5. The van der Waals surface area contributed by atoms with Gasteiger partial charge in [-0.25, -0.2) is 4.98 Å². The number of benzene rings is 1. The zero-order chi connectivity index (χ0) is 18.7. The van der Waals surface area contributed by atoms with Gasteiger partial charge < -0.3 is 20.2 Å². The van der Waals surface area contributed by atoms with Gasteiger partial charge in [-0.05, 0) is 37.7 Å². The molecule has 1 aromatic heterocycles. The van der Waals surface area contributed by atoms with E-state index in [9.17, 15) is 9.90 Å². The van der Waals surface area contributed by atoms with Crippen LogP contribution in [-0.4, -0.2) is 53.6 Å². The number of likely N-dealkylation sites (N-methyl/N-ethyl adjacent to an activating group) is 1. The van der Waals surface area contributed by atoms with Crippen molar-refractivity contribution in [2.45, 2.75) is 19.5 Å². The summed E-state index contributed by atoms with van der Waals surface area (Å²) >= 11 is 5.87. The van der Waals surface area contributed by atoms with Crippen molar-refractivity contribution in [2.24, 2.45) is 0 Å². The molecule has 0 unspecified atom stereocenters. The molecular weight excluding hydrogens is 352 g/mol. The van der Waals surface area contributed by atoms with Crippen LogP contribution in [0.2, 0.25) is 5.02 Å². The number of amides is 1. The van der Waals surface area contributed by atoms with Crippen LogP contribution in [-0.2, 0) is 6.54 Å². The fourth-order valence-electron chi connectivity index (χ4n) is 3.16. The number of pyridine rings is 1. The lowest BCUT2D eigenvalue weighted by molar-refractivity contribution is 0.0946. The minimum Gasteiger partial charge on any atom is -0.504 e. The number of carbonyl (C=O) groups is 1. The number of hydrogen-bond donors (Lipinski definition) is 2. The minimum absolute atomic E-state index is 0.0932. The van der Waals surface area contributed by atoms with Crippen LogP contribution < -0.4 is 10.2 Å². The molecule has 0 saturated carbocycles. The van der Waals surface area contributed by atoms with Crippen LogP contribution in [0.3, 0.4) is 0 Å². The molecule has 1 atom stereocenters. The molecule has 1 saturated heterocycles. The SMILES string of the molecule is C[C@@H]1CN(C)CCN1c1cc(C(=O)NCc2ccc(Cl)cc2)ncc1O. The van der Waals surface area contributed by atoms with Gasteiger partial charge in [0.2, 0.25) is 0 Å². The summed E-state index contributed by atoms with van der Waals surface area (Å²) in [6.45, 7) is 5.10. The van der Waals surface area contributed by atoms with Crippen LogP contribution in [0.4, 0.5) is 5.69 Å². The first kappa shape index (κ1) is 18.5.